The van der Waals surface area contributed by atoms with Crippen molar-refractivity contribution in [2.24, 2.45) is 0 Å². The van der Waals surface area contributed by atoms with Gasteiger partial charge >= 0.3 is 0 Å². The first-order valence-corrected chi connectivity index (χ1v) is 9.43. The van der Waals surface area contributed by atoms with Crippen LogP contribution in [-0.4, -0.2) is 11.5 Å². The third-order valence-corrected chi connectivity index (χ3v) is 5.11. The molecule has 0 aliphatic rings. The van der Waals surface area contributed by atoms with Gasteiger partial charge in [0.2, 0.25) is 0 Å². The van der Waals surface area contributed by atoms with Crippen molar-refractivity contribution in [1.82, 2.24) is 0 Å². The summed E-state index contributed by atoms with van der Waals surface area (Å²) in [5.41, 5.74) is 3.34. The number of ketones is 1. The van der Waals surface area contributed by atoms with Gasteiger partial charge < -0.3 is 0 Å². The molecule has 0 spiro atoms. The van der Waals surface area contributed by atoms with E-state index >= 15 is 0 Å². The van der Waals surface area contributed by atoms with Crippen LogP contribution in [0.3, 0.4) is 0 Å². The van der Waals surface area contributed by atoms with Gasteiger partial charge in [0, 0.05) is 10.5 Å². The summed E-state index contributed by atoms with van der Waals surface area (Å²) in [7, 11) is 0. The molecule has 0 N–H and O–H groups in total. The lowest BCUT2D eigenvalue weighted by Gasteiger charge is -2.26. The minimum Gasteiger partial charge on any atom is -0.293 e. The Morgan fingerprint density at radius 3 is 1.79 bits per heavy atom. The van der Waals surface area contributed by atoms with E-state index in [1.165, 1.54) is 11.1 Å². The third-order valence-electron chi connectivity index (χ3n) is 4.10. The quantitative estimate of drug-likeness (QED) is 0.483. The highest BCUT2D eigenvalue weighted by Crippen LogP contribution is 2.31. The van der Waals surface area contributed by atoms with Gasteiger partial charge in [-0.3, -0.25) is 4.79 Å². The van der Waals surface area contributed by atoms with Gasteiger partial charge in [0.15, 0.2) is 5.78 Å². The Morgan fingerprint density at radius 1 is 0.833 bits per heavy atom. The van der Waals surface area contributed by atoms with Crippen LogP contribution in [0.25, 0.3) is 0 Å². The van der Waals surface area contributed by atoms with Gasteiger partial charge in [-0.25, -0.2) is 0 Å². The Labute approximate surface area is 150 Å². The fourth-order valence-electron chi connectivity index (χ4n) is 2.40. The van der Waals surface area contributed by atoms with Crippen LogP contribution in [0.15, 0.2) is 53.4 Å². The monoisotopic (exact) mass is 340 g/mol. The first kappa shape index (κ1) is 18.8. The number of hydrogen-bond acceptors (Lipinski definition) is 2. The van der Waals surface area contributed by atoms with Crippen molar-refractivity contribution in [3.05, 3.63) is 65.2 Å². The molecule has 2 aromatic rings. The second-order valence-corrected chi connectivity index (χ2v) is 9.37. The van der Waals surface area contributed by atoms with Gasteiger partial charge in [-0.1, -0.05) is 65.8 Å². The fourth-order valence-corrected chi connectivity index (χ4v) is 3.22. The van der Waals surface area contributed by atoms with Crippen molar-refractivity contribution < 1.29 is 4.79 Å². The summed E-state index contributed by atoms with van der Waals surface area (Å²) in [5, 5.41) is 0. The number of hydrogen-bond donors (Lipinski definition) is 0. The van der Waals surface area contributed by atoms with Crippen LogP contribution in [0.5, 0.6) is 0 Å². The fraction of sp³-hybridized carbons (Fsp3) is 0.409. The van der Waals surface area contributed by atoms with Crippen LogP contribution in [0, 0.1) is 0 Å². The zero-order valence-corrected chi connectivity index (χ0v) is 16.5. The molecule has 2 aromatic carbocycles. The van der Waals surface area contributed by atoms with Gasteiger partial charge in [0.1, 0.15) is 0 Å². The molecule has 0 fully saturated rings. The highest BCUT2D eigenvalue weighted by molar-refractivity contribution is 8.00. The Balaban J connectivity index is 2.29. The molecule has 128 valence electrons. The molecule has 0 saturated heterocycles. The molecule has 2 heteroatoms. The average Bonchev–Trinajstić information content (AvgIpc) is 2.51. The first-order valence-electron chi connectivity index (χ1n) is 8.44. The van der Waals surface area contributed by atoms with E-state index in [0.29, 0.717) is 5.75 Å². The Hall–Kier alpha value is -1.54. The summed E-state index contributed by atoms with van der Waals surface area (Å²) < 4.78 is 0. The van der Waals surface area contributed by atoms with E-state index in [2.05, 4.69) is 59.7 Å². The molecule has 0 amide bonds. The molecule has 0 unspecified atom stereocenters. The Bertz CT molecular complexity index is 671. The molecule has 0 aliphatic carbocycles. The lowest BCUT2D eigenvalue weighted by molar-refractivity contribution is 0.102. The lowest BCUT2D eigenvalue weighted by atomic mass is 9.79. The molecule has 0 aliphatic heterocycles. The van der Waals surface area contributed by atoms with Crippen LogP contribution in [-0.2, 0) is 10.8 Å². The zero-order valence-electron chi connectivity index (χ0n) is 15.6. The summed E-state index contributed by atoms with van der Waals surface area (Å²) in [4.78, 5) is 13.9. The highest BCUT2D eigenvalue weighted by Gasteiger charge is 2.22. The van der Waals surface area contributed by atoms with E-state index in [0.717, 1.165) is 10.5 Å². The SMILES string of the molecule is CC(C)(C)c1cc(C(=O)CSc2ccccc2)cc(C(C)(C)C)c1. The van der Waals surface area contributed by atoms with Gasteiger partial charge in [-0.05, 0) is 46.2 Å². The molecular formula is C22H28OS. The van der Waals surface area contributed by atoms with Crippen molar-refractivity contribution in [2.45, 2.75) is 57.3 Å². The average molecular weight is 341 g/mol. The minimum atomic E-state index is 0.0306. The molecule has 1 nitrogen and oxygen atoms in total. The summed E-state index contributed by atoms with van der Waals surface area (Å²) in [5.74, 6) is 0.668. The zero-order chi connectivity index (χ0) is 18.0. The van der Waals surface area contributed by atoms with E-state index in [-0.39, 0.29) is 16.6 Å². The van der Waals surface area contributed by atoms with Crippen molar-refractivity contribution in [2.75, 3.05) is 5.75 Å². The number of rotatable bonds is 4. The van der Waals surface area contributed by atoms with Crippen LogP contribution < -0.4 is 0 Å². The maximum Gasteiger partial charge on any atom is 0.173 e. The van der Waals surface area contributed by atoms with Gasteiger partial charge in [-0.2, -0.15) is 0 Å². The number of Topliss-reactive ketones (excluding diaryl/α,β-unsaturated/α-hetero) is 1. The largest absolute Gasteiger partial charge is 0.293 e. The molecule has 0 radical (unpaired) electrons. The summed E-state index contributed by atoms with van der Waals surface area (Å²) in [6, 6.07) is 16.5. The normalized spacial score (nSPS) is 12.2. The number of carbonyl (C=O) groups excluding carboxylic acids is 1. The second kappa shape index (κ2) is 7.14. The number of carbonyl (C=O) groups is 1. The Morgan fingerprint density at radius 2 is 1.33 bits per heavy atom. The van der Waals surface area contributed by atoms with E-state index in [1.54, 1.807) is 11.8 Å². The molecular weight excluding hydrogens is 312 g/mol. The van der Waals surface area contributed by atoms with Gasteiger partial charge in [-0.15, -0.1) is 11.8 Å². The third kappa shape index (κ3) is 4.98. The van der Waals surface area contributed by atoms with Crippen LogP contribution in [0.1, 0.15) is 63.0 Å². The van der Waals surface area contributed by atoms with E-state index in [4.69, 9.17) is 0 Å². The standard InChI is InChI=1S/C22H28OS/c1-21(2,3)17-12-16(13-18(14-17)22(4,5)6)20(23)15-24-19-10-8-7-9-11-19/h7-14H,15H2,1-6H3. The smallest absolute Gasteiger partial charge is 0.173 e. The lowest BCUT2D eigenvalue weighted by Crippen LogP contribution is -2.18. The van der Waals surface area contributed by atoms with Crippen LogP contribution in [0.4, 0.5) is 0 Å². The number of benzene rings is 2. The van der Waals surface area contributed by atoms with Crippen LogP contribution >= 0.6 is 11.8 Å². The highest BCUT2D eigenvalue weighted by atomic mass is 32.2. The van der Waals surface area contributed by atoms with Crippen molar-refractivity contribution >= 4 is 17.5 Å². The maximum atomic E-state index is 12.8. The predicted octanol–water partition coefficient (Wildman–Crippen LogP) is 6.26. The van der Waals surface area contributed by atoms with Crippen molar-refractivity contribution in [3.8, 4) is 0 Å². The molecule has 0 aromatic heterocycles. The molecule has 0 heterocycles. The van der Waals surface area contributed by atoms with Gasteiger partial charge in [0.25, 0.3) is 0 Å². The van der Waals surface area contributed by atoms with Crippen molar-refractivity contribution in [1.29, 1.82) is 0 Å². The summed E-state index contributed by atoms with van der Waals surface area (Å²) >= 11 is 1.60. The molecule has 0 saturated carbocycles. The summed E-state index contributed by atoms with van der Waals surface area (Å²) in [6.45, 7) is 13.2. The van der Waals surface area contributed by atoms with E-state index in [9.17, 15) is 4.79 Å². The minimum absolute atomic E-state index is 0.0306. The summed E-state index contributed by atoms with van der Waals surface area (Å²) in [6.07, 6.45) is 0. The van der Waals surface area contributed by atoms with E-state index in [1.807, 2.05) is 30.3 Å². The van der Waals surface area contributed by atoms with Crippen molar-refractivity contribution in [3.63, 3.8) is 0 Å². The Kier molecular flexibility index (Phi) is 5.59. The molecule has 0 bridgehead atoms. The predicted molar refractivity (Wildman–Crippen MR) is 105 cm³/mol. The van der Waals surface area contributed by atoms with E-state index < -0.39 is 0 Å². The maximum absolute atomic E-state index is 12.8. The van der Waals surface area contributed by atoms with Crippen LogP contribution in [0.2, 0.25) is 0 Å². The first-order chi connectivity index (χ1) is 11.1. The molecule has 2 rings (SSSR count). The topological polar surface area (TPSA) is 17.1 Å². The molecule has 0 atom stereocenters. The second-order valence-electron chi connectivity index (χ2n) is 8.32. The molecule has 24 heavy (non-hydrogen) atoms. The number of thioether (sulfide) groups is 1. The van der Waals surface area contributed by atoms with Gasteiger partial charge in [0.05, 0.1) is 5.75 Å².